The van der Waals surface area contributed by atoms with E-state index in [0.29, 0.717) is 18.2 Å². The summed E-state index contributed by atoms with van der Waals surface area (Å²) in [6, 6.07) is 0. The van der Waals surface area contributed by atoms with Gasteiger partial charge in [0.05, 0.1) is 12.3 Å². The minimum atomic E-state index is -3.51. The van der Waals surface area contributed by atoms with Crippen molar-refractivity contribution in [3.63, 3.8) is 0 Å². The van der Waals surface area contributed by atoms with Crippen molar-refractivity contribution in [1.82, 2.24) is 9.71 Å². The fourth-order valence-electron chi connectivity index (χ4n) is 1.45. The van der Waals surface area contributed by atoms with Crippen LogP contribution in [0.15, 0.2) is 4.21 Å². The van der Waals surface area contributed by atoms with Crippen LogP contribution in [0.25, 0.3) is 0 Å². The summed E-state index contributed by atoms with van der Waals surface area (Å²) in [5, 5.41) is 0. The predicted molar refractivity (Wildman–Crippen MR) is 70.6 cm³/mol. The van der Waals surface area contributed by atoms with E-state index in [1.54, 1.807) is 6.92 Å². The Morgan fingerprint density at radius 2 is 2.28 bits per heavy atom. The molecule has 0 radical (unpaired) electrons. The molecule has 1 aromatic heterocycles. The van der Waals surface area contributed by atoms with E-state index < -0.39 is 10.0 Å². The molecule has 0 unspecified atom stereocenters. The number of thiazole rings is 1. The van der Waals surface area contributed by atoms with Crippen LogP contribution in [0.2, 0.25) is 4.47 Å². The third-order valence-corrected chi connectivity index (χ3v) is 5.89. The van der Waals surface area contributed by atoms with Gasteiger partial charge in [0.15, 0.2) is 8.68 Å². The van der Waals surface area contributed by atoms with Crippen LogP contribution in [0.5, 0.6) is 0 Å². The van der Waals surface area contributed by atoms with Crippen LogP contribution in [0, 0.1) is 12.8 Å². The van der Waals surface area contributed by atoms with Crippen LogP contribution < -0.4 is 4.72 Å². The van der Waals surface area contributed by atoms with E-state index in [9.17, 15) is 8.42 Å². The molecule has 18 heavy (non-hydrogen) atoms. The van der Waals surface area contributed by atoms with E-state index >= 15 is 0 Å². The minimum absolute atomic E-state index is 0.176. The maximum Gasteiger partial charge on any atom is 0.252 e. The largest absolute Gasteiger partial charge is 0.380 e. The van der Waals surface area contributed by atoms with Crippen LogP contribution in [-0.4, -0.2) is 33.2 Å². The third-order valence-electron chi connectivity index (χ3n) is 2.56. The number of sulfonamides is 1. The van der Waals surface area contributed by atoms with Gasteiger partial charge >= 0.3 is 0 Å². The fourth-order valence-corrected chi connectivity index (χ4v) is 4.24. The molecule has 0 spiro atoms. The molecule has 1 aliphatic carbocycles. The number of hydrogen-bond acceptors (Lipinski definition) is 5. The Morgan fingerprint density at radius 1 is 1.56 bits per heavy atom. The van der Waals surface area contributed by atoms with Gasteiger partial charge in [0.25, 0.3) is 10.0 Å². The highest BCUT2D eigenvalue weighted by Gasteiger charge is 2.22. The minimum Gasteiger partial charge on any atom is -0.380 e. The summed E-state index contributed by atoms with van der Waals surface area (Å²) in [7, 11) is -3.51. The molecule has 0 amide bonds. The normalized spacial score (nSPS) is 16.1. The van der Waals surface area contributed by atoms with E-state index in [0.717, 1.165) is 17.9 Å². The SMILES string of the molecule is Cc1nc(Cl)sc1S(=O)(=O)NCCOCC1CC1. The highest BCUT2D eigenvalue weighted by atomic mass is 35.5. The van der Waals surface area contributed by atoms with Crippen molar-refractivity contribution in [2.75, 3.05) is 19.8 Å². The smallest absolute Gasteiger partial charge is 0.252 e. The molecule has 0 saturated heterocycles. The lowest BCUT2D eigenvalue weighted by molar-refractivity contribution is 0.129. The van der Waals surface area contributed by atoms with Crippen LogP contribution in [-0.2, 0) is 14.8 Å². The van der Waals surface area contributed by atoms with Gasteiger partial charge in [-0.25, -0.2) is 18.1 Å². The Hall–Kier alpha value is -0.210. The lowest BCUT2D eigenvalue weighted by atomic mass is 10.5. The van der Waals surface area contributed by atoms with Crippen LogP contribution in [0.3, 0.4) is 0 Å². The summed E-state index contributed by atoms with van der Waals surface area (Å²) in [4.78, 5) is 3.89. The van der Waals surface area contributed by atoms with E-state index in [1.807, 2.05) is 0 Å². The Balaban J connectivity index is 1.81. The van der Waals surface area contributed by atoms with E-state index in [4.69, 9.17) is 16.3 Å². The summed E-state index contributed by atoms with van der Waals surface area (Å²) in [5.74, 6) is 0.684. The Kier molecular flexibility index (Phi) is 4.60. The number of ether oxygens (including phenoxy) is 1. The number of aryl methyl sites for hydroxylation is 1. The fraction of sp³-hybridized carbons (Fsp3) is 0.700. The molecule has 1 aliphatic rings. The van der Waals surface area contributed by atoms with E-state index in [1.165, 1.54) is 12.8 Å². The molecule has 0 bridgehead atoms. The Bertz CT molecular complexity index is 511. The van der Waals surface area contributed by atoms with E-state index in [-0.39, 0.29) is 15.2 Å². The number of nitrogens with one attached hydrogen (secondary N) is 1. The molecule has 1 heterocycles. The number of nitrogens with zero attached hydrogens (tertiary/aromatic N) is 1. The summed E-state index contributed by atoms with van der Waals surface area (Å²) < 4.78 is 32.1. The van der Waals surface area contributed by atoms with Gasteiger partial charge in [0.2, 0.25) is 0 Å². The highest BCUT2D eigenvalue weighted by molar-refractivity contribution is 7.91. The van der Waals surface area contributed by atoms with Gasteiger partial charge in [-0.05, 0) is 25.7 Å². The van der Waals surface area contributed by atoms with Crippen LogP contribution in [0.1, 0.15) is 18.5 Å². The second-order valence-corrected chi connectivity index (χ2v) is 7.80. The van der Waals surface area contributed by atoms with Crippen molar-refractivity contribution in [2.45, 2.75) is 24.0 Å². The van der Waals surface area contributed by atoms with Gasteiger partial charge in [0.1, 0.15) is 0 Å². The Labute approximate surface area is 116 Å². The molecule has 5 nitrogen and oxygen atoms in total. The number of hydrogen-bond donors (Lipinski definition) is 1. The lowest BCUT2D eigenvalue weighted by Crippen LogP contribution is -2.27. The average Bonchev–Trinajstić information content (AvgIpc) is 3.03. The maximum atomic E-state index is 11.9. The number of aromatic nitrogens is 1. The molecule has 1 fully saturated rings. The molecule has 1 N–H and O–H groups in total. The molecule has 2 rings (SSSR count). The molecule has 1 aromatic rings. The summed E-state index contributed by atoms with van der Waals surface area (Å²) >= 11 is 6.65. The molecule has 8 heteroatoms. The second kappa shape index (κ2) is 5.83. The summed E-state index contributed by atoms with van der Waals surface area (Å²) in [6.07, 6.45) is 2.45. The van der Waals surface area contributed by atoms with E-state index in [2.05, 4.69) is 9.71 Å². The molecular weight excluding hydrogens is 296 g/mol. The molecule has 102 valence electrons. The first-order chi connectivity index (χ1) is 8.49. The lowest BCUT2D eigenvalue weighted by Gasteiger charge is -2.06. The standard InChI is InChI=1S/C10H15ClN2O3S2/c1-7-9(17-10(11)13-7)18(14,15)12-4-5-16-6-8-2-3-8/h8,12H,2-6H2,1H3. The van der Waals surface area contributed by atoms with Crippen molar-refractivity contribution in [3.05, 3.63) is 10.2 Å². The first kappa shape index (κ1) is 14.2. The Morgan fingerprint density at radius 3 is 2.83 bits per heavy atom. The molecular formula is C10H15ClN2O3S2. The molecule has 0 aromatic carbocycles. The highest BCUT2D eigenvalue weighted by Crippen LogP contribution is 2.28. The van der Waals surface area contributed by atoms with Crippen molar-refractivity contribution >= 4 is 33.0 Å². The van der Waals surface area contributed by atoms with Crippen molar-refractivity contribution in [1.29, 1.82) is 0 Å². The molecule has 1 saturated carbocycles. The average molecular weight is 311 g/mol. The van der Waals surface area contributed by atoms with Gasteiger partial charge in [-0.1, -0.05) is 22.9 Å². The van der Waals surface area contributed by atoms with Crippen LogP contribution >= 0.6 is 22.9 Å². The van der Waals surface area contributed by atoms with Crippen LogP contribution in [0.4, 0.5) is 0 Å². The molecule has 0 atom stereocenters. The zero-order valence-electron chi connectivity index (χ0n) is 9.98. The van der Waals surface area contributed by atoms with Crippen molar-refractivity contribution < 1.29 is 13.2 Å². The summed E-state index contributed by atoms with van der Waals surface area (Å²) in [6.45, 7) is 3.01. The number of halogens is 1. The van der Waals surface area contributed by atoms with Gasteiger partial charge in [0, 0.05) is 13.2 Å². The second-order valence-electron chi connectivity index (χ2n) is 4.26. The maximum absolute atomic E-state index is 11.9. The van der Waals surface area contributed by atoms with Gasteiger partial charge in [-0.3, -0.25) is 0 Å². The van der Waals surface area contributed by atoms with Gasteiger partial charge in [-0.15, -0.1) is 0 Å². The predicted octanol–water partition coefficient (Wildman–Crippen LogP) is 1.81. The van der Waals surface area contributed by atoms with Crippen molar-refractivity contribution in [2.24, 2.45) is 5.92 Å². The zero-order chi connectivity index (χ0) is 13.2. The summed E-state index contributed by atoms with van der Waals surface area (Å²) in [5.41, 5.74) is 0.427. The number of rotatable bonds is 7. The van der Waals surface area contributed by atoms with Crippen molar-refractivity contribution in [3.8, 4) is 0 Å². The first-order valence-electron chi connectivity index (χ1n) is 5.69. The van der Waals surface area contributed by atoms with Gasteiger partial charge < -0.3 is 4.74 Å². The zero-order valence-corrected chi connectivity index (χ0v) is 12.4. The first-order valence-corrected chi connectivity index (χ1v) is 8.37. The van der Waals surface area contributed by atoms with Gasteiger partial charge in [-0.2, -0.15) is 0 Å². The molecule has 0 aliphatic heterocycles. The topological polar surface area (TPSA) is 68.3 Å². The monoisotopic (exact) mass is 310 g/mol. The third kappa shape index (κ3) is 3.89. The quantitative estimate of drug-likeness (QED) is 0.780.